The maximum absolute atomic E-state index is 15.4. The standard InChI is InChI=1S/C49H42F4N8O4/c1-29-9-10-31(22-30(29)11-13-36-26-54-44-8-5-19-55-61(36)44)37-6-3-4-7-38(37)46(63)56-34-12-14-42(40(24-34)49(51,52)53)59-20-17-35(18-21-59)58(2)27-33-23-32-28-60(48(65)39(32)25-41(33)50)43-15-16-45(62)57-47(43)64/h3-10,12,14,19,22-26,35,43H,15-18,20-21,27-28H2,1-2H3,(H,56,63)(H,57,62,64). The summed E-state index contributed by atoms with van der Waals surface area (Å²) in [6.45, 7) is 2.84. The Kier molecular flexibility index (Phi) is 11.4. The van der Waals surface area contributed by atoms with E-state index in [1.807, 2.05) is 43.1 Å². The lowest BCUT2D eigenvalue weighted by Gasteiger charge is -2.39. The van der Waals surface area contributed by atoms with E-state index in [4.69, 9.17) is 0 Å². The molecule has 16 heteroatoms. The molecule has 2 N–H and O–H groups in total. The summed E-state index contributed by atoms with van der Waals surface area (Å²) in [5.74, 6) is 3.77. The van der Waals surface area contributed by atoms with Gasteiger partial charge in [0.2, 0.25) is 11.8 Å². The number of anilines is 2. The largest absolute Gasteiger partial charge is 0.418 e. The Balaban J connectivity index is 0.863. The summed E-state index contributed by atoms with van der Waals surface area (Å²) in [4.78, 5) is 60.4. The van der Waals surface area contributed by atoms with Crippen LogP contribution in [0.15, 0.2) is 97.3 Å². The number of hydrogen-bond donors (Lipinski definition) is 2. The molecule has 0 radical (unpaired) electrons. The van der Waals surface area contributed by atoms with Gasteiger partial charge in [-0.2, -0.15) is 18.3 Å². The number of hydrogen-bond acceptors (Lipinski definition) is 8. The molecule has 2 fully saturated rings. The van der Waals surface area contributed by atoms with Crippen molar-refractivity contribution >= 4 is 40.7 Å². The zero-order valence-corrected chi connectivity index (χ0v) is 35.4. The number of piperidine rings is 2. The Hall–Kier alpha value is -7.38. The molecule has 0 saturated carbocycles. The summed E-state index contributed by atoms with van der Waals surface area (Å²) >= 11 is 0. The van der Waals surface area contributed by atoms with E-state index in [-0.39, 0.29) is 54.5 Å². The van der Waals surface area contributed by atoms with Crippen LogP contribution >= 0.6 is 0 Å². The smallest absolute Gasteiger partial charge is 0.371 e. The van der Waals surface area contributed by atoms with Gasteiger partial charge >= 0.3 is 6.18 Å². The number of rotatable bonds is 8. The molecule has 4 aromatic carbocycles. The zero-order chi connectivity index (χ0) is 45.6. The van der Waals surface area contributed by atoms with Gasteiger partial charge in [0.15, 0.2) is 5.65 Å². The number of nitrogens with one attached hydrogen (secondary N) is 2. The van der Waals surface area contributed by atoms with Crippen LogP contribution in [0.1, 0.15) is 79.9 Å². The van der Waals surface area contributed by atoms with Crippen LogP contribution in [0, 0.1) is 24.6 Å². The fourth-order valence-electron chi connectivity index (χ4n) is 8.92. The summed E-state index contributed by atoms with van der Waals surface area (Å²) in [5.41, 5.74) is 4.70. The molecule has 0 bridgehead atoms. The summed E-state index contributed by atoms with van der Waals surface area (Å²) in [6, 6.07) is 21.9. The Labute approximate surface area is 371 Å². The monoisotopic (exact) mass is 882 g/mol. The topological polar surface area (TPSA) is 132 Å². The van der Waals surface area contributed by atoms with Crippen molar-refractivity contribution in [3.63, 3.8) is 0 Å². The first kappa shape index (κ1) is 42.9. The van der Waals surface area contributed by atoms with Crippen molar-refractivity contribution in [2.24, 2.45) is 0 Å². The number of aryl methyl sites for hydroxylation is 1. The third-order valence-corrected chi connectivity index (χ3v) is 12.4. The van der Waals surface area contributed by atoms with Crippen LogP contribution in [0.2, 0.25) is 0 Å². The molecule has 12 nitrogen and oxygen atoms in total. The number of benzene rings is 4. The number of alkyl halides is 3. The van der Waals surface area contributed by atoms with E-state index >= 15 is 4.39 Å². The molecule has 2 aromatic heterocycles. The fourth-order valence-corrected chi connectivity index (χ4v) is 8.92. The highest BCUT2D eigenvalue weighted by atomic mass is 19.4. The van der Waals surface area contributed by atoms with Crippen LogP contribution in [0.3, 0.4) is 0 Å². The number of aromatic nitrogens is 3. The minimum absolute atomic E-state index is 0.0000867. The van der Waals surface area contributed by atoms with Gasteiger partial charge in [-0.25, -0.2) is 13.9 Å². The zero-order valence-electron chi connectivity index (χ0n) is 35.4. The molecule has 1 unspecified atom stereocenters. The number of carbonyl (C=O) groups is 4. The van der Waals surface area contributed by atoms with Crippen LogP contribution in [0.5, 0.6) is 0 Å². The summed E-state index contributed by atoms with van der Waals surface area (Å²) < 4.78 is 61.3. The highest BCUT2D eigenvalue weighted by Crippen LogP contribution is 2.40. The average Bonchev–Trinajstić information content (AvgIpc) is 3.85. The van der Waals surface area contributed by atoms with Gasteiger partial charge in [0.05, 0.1) is 11.8 Å². The van der Waals surface area contributed by atoms with Crippen molar-refractivity contribution in [2.75, 3.05) is 30.4 Å². The SMILES string of the molecule is Cc1ccc(-c2ccccc2C(=O)Nc2ccc(N3CCC(N(C)Cc4cc5c(cc4F)C(=O)N(C4CCC(=O)NC4=O)C5)CC3)c(C(F)(F)F)c2)cc1C#Cc1cnc2cccnn12. The molecule has 5 heterocycles. The third kappa shape index (κ3) is 8.67. The summed E-state index contributed by atoms with van der Waals surface area (Å²) in [7, 11) is 1.83. The van der Waals surface area contributed by atoms with Crippen LogP contribution in [0.4, 0.5) is 28.9 Å². The second-order valence-corrected chi connectivity index (χ2v) is 16.6. The number of imidazole rings is 1. The number of carbonyl (C=O) groups excluding carboxylic acids is 4. The maximum Gasteiger partial charge on any atom is 0.418 e. The number of fused-ring (bicyclic) bond motifs is 2. The Bertz CT molecular complexity index is 2970. The highest BCUT2D eigenvalue weighted by Gasteiger charge is 2.40. The Morgan fingerprint density at radius 3 is 2.52 bits per heavy atom. The Morgan fingerprint density at radius 1 is 0.938 bits per heavy atom. The average molecular weight is 883 g/mol. The van der Waals surface area contributed by atoms with Crippen molar-refractivity contribution in [2.45, 2.75) is 64.0 Å². The van der Waals surface area contributed by atoms with Gasteiger partial charge in [-0.1, -0.05) is 36.3 Å². The molecule has 0 spiro atoms. The Morgan fingerprint density at radius 2 is 1.74 bits per heavy atom. The minimum Gasteiger partial charge on any atom is -0.371 e. The molecule has 6 aromatic rings. The molecule has 4 amide bonds. The number of amides is 4. The number of nitrogens with zero attached hydrogens (tertiary/aromatic N) is 6. The first-order valence-corrected chi connectivity index (χ1v) is 21.2. The van der Waals surface area contributed by atoms with Crippen LogP contribution in [0.25, 0.3) is 16.8 Å². The van der Waals surface area contributed by atoms with E-state index < -0.39 is 47.2 Å². The van der Waals surface area contributed by atoms with E-state index in [1.165, 1.54) is 23.1 Å². The van der Waals surface area contributed by atoms with Crippen molar-refractivity contribution in [3.05, 3.63) is 148 Å². The quantitative estimate of drug-likeness (QED) is 0.0921. The fraction of sp³-hybridized carbons (Fsp3) is 0.265. The van der Waals surface area contributed by atoms with Crippen LogP contribution in [-0.2, 0) is 28.9 Å². The van der Waals surface area contributed by atoms with Crippen LogP contribution in [-0.4, -0.2) is 80.2 Å². The van der Waals surface area contributed by atoms with E-state index in [2.05, 4.69) is 32.6 Å². The molecule has 2 saturated heterocycles. The molecule has 330 valence electrons. The molecule has 3 aliphatic heterocycles. The molecule has 9 rings (SSSR count). The van der Waals surface area contributed by atoms with E-state index in [0.29, 0.717) is 59.5 Å². The van der Waals surface area contributed by atoms with Gasteiger partial charge in [-0.05, 0) is 116 Å². The minimum atomic E-state index is -4.72. The lowest BCUT2D eigenvalue weighted by molar-refractivity contribution is -0.138. The molecule has 1 atom stereocenters. The number of halogens is 4. The summed E-state index contributed by atoms with van der Waals surface area (Å²) in [6.07, 6.45) is -0.123. The van der Waals surface area contributed by atoms with Gasteiger partial charge in [0.1, 0.15) is 17.6 Å². The predicted molar refractivity (Wildman–Crippen MR) is 234 cm³/mol. The molecular weight excluding hydrogens is 841 g/mol. The van der Waals surface area contributed by atoms with E-state index in [1.54, 1.807) is 58.2 Å². The van der Waals surface area contributed by atoms with Crippen molar-refractivity contribution in [3.8, 4) is 23.0 Å². The van der Waals surface area contributed by atoms with Gasteiger partial charge in [-0.15, -0.1) is 0 Å². The summed E-state index contributed by atoms with van der Waals surface area (Å²) in [5, 5.41) is 9.27. The molecular formula is C49H42F4N8O4. The lowest BCUT2D eigenvalue weighted by atomic mass is 9.95. The predicted octanol–water partition coefficient (Wildman–Crippen LogP) is 7.38. The van der Waals surface area contributed by atoms with Crippen LogP contribution < -0.4 is 15.5 Å². The normalized spacial score (nSPS) is 16.7. The van der Waals surface area contributed by atoms with Gasteiger partial charge in [-0.3, -0.25) is 29.4 Å². The van der Waals surface area contributed by atoms with Crippen molar-refractivity contribution in [1.29, 1.82) is 0 Å². The molecule has 65 heavy (non-hydrogen) atoms. The molecule has 0 aliphatic carbocycles. The van der Waals surface area contributed by atoms with E-state index in [9.17, 15) is 32.3 Å². The highest BCUT2D eigenvalue weighted by molar-refractivity contribution is 6.09. The number of imide groups is 1. The lowest BCUT2D eigenvalue weighted by Crippen LogP contribution is -2.52. The molecule has 3 aliphatic rings. The first-order valence-electron chi connectivity index (χ1n) is 21.2. The third-order valence-electron chi connectivity index (χ3n) is 12.4. The van der Waals surface area contributed by atoms with E-state index in [0.717, 1.165) is 17.2 Å². The van der Waals surface area contributed by atoms with Crippen molar-refractivity contribution < 1.29 is 36.7 Å². The van der Waals surface area contributed by atoms with Gasteiger partial charge < -0.3 is 15.1 Å². The first-order chi connectivity index (χ1) is 31.2. The maximum atomic E-state index is 15.4. The van der Waals surface area contributed by atoms with Crippen molar-refractivity contribution in [1.82, 2.24) is 29.7 Å². The van der Waals surface area contributed by atoms with Gasteiger partial charge in [0, 0.05) is 78.5 Å². The van der Waals surface area contributed by atoms with Gasteiger partial charge in [0.25, 0.3) is 11.8 Å². The second kappa shape index (κ2) is 17.3. The second-order valence-electron chi connectivity index (χ2n) is 16.6.